The second kappa shape index (κ2) is 5.39. The molecule has 1 saturated heterocycles. The van der Waals surface area contributed by atoms with Crippen molar-refractivity contribution in [2.75, 3.05) is 7.11 Å². The van der Waals surface area contributed by atoms with Gasteiger partial charge in [0.1, 0.15) is 11.6 Å². The van der Waals surface area contributed by atoms with Crippen molar-refractivity contribution in [1.29, 1.82) is 0 Å². The molecule has 6 heteroatoms. The Morgan fingerprint density at radius 2 is 1.78 bits per heavy atom. The highest BCUT2D eigenvalue weighted by atomic mass is 16.7. The van der Waals surface area contributed by atoms with Crippen molar-refractivity contribution in [3.05, 3.63) is 36.3 Å². The normalized spacial score (nSPS) is 19.1. The molecule has 5 nitrogen and oxygen atoms in total. The Labute approximate surface area is 137 Å². The van der Waals surface area contributed by atoms with Gasteiger partial charge < -0.3 is 18.6 Å². The predicted molar refractivity (Wildman–Crippen MR) is 90.6 cm³/mol. The number of aromatic nitrogens is 2. The molecule has 0 spiro atoms. The molecule has 0 radical (unpaired) electrons. The highest BCUT2D eigenvalue weighted by Crippen LogP contribution is 2.36. The van der Waals surface area contributed by atoms with E-state index in [9.17, 15) is 0 Å². The second-order valence-corrected chi connectivity index (χ2v) is 6.87. The smallest absolute Gasteiger partial charge is 0.497 e. The van der Waals surface area contributed by atoms with Crippen molar-refractivity contribution in [3.8, 4) is 11.4 Å². The molecule has 2 aromatic rings. The Bertz CT molecular complexity index is 708. The Balaban J connectivity index is 1.93. The fourth-order valence-electron chi connectivity index (χ4n) is 2.59. The predicted octanol–water partition coefficient (Wildman–Crippen LogP) is 2.49. The summed E-state index contributed by atoms with van der Waals surface area (Å²) in [5, 5.41) is 0. The molecule has 1 aromatic carbocycles. The molecule has 0 saturated carbocycles. The van der Waals surface area contributed by atoms with E-state index in [1.54, 1.807) is 7.11 Å². The molecule has 0 bridgehead atoms. The van der Waals surface area contributed by atoms with E-state index in [0.29, 0.717) is 0 Å². The maximum atomic E-state index is 6.08. The molecular formula is C17H23BN2O3. The molecule has 1 aliphatic heterocycles. The maximum Gasteiger partial charge on any atom is 0.516 e. The van der Waals surface area contributed by atoms with Crippen LogP contribution < -0.4 is 10.3 Å². The zero-order valence-corrected chi connectivity index (χ0v) is 14.6. The lowest BCUT2D eigenvalue weighted by molar-refractivity contribution is 0.00578. The highest BCUT2D eigenvalue weighted by Gasteiger charge is 2.52. The molecule has 3 rings (SSSR count). The maximum absolute atomic E-state index is 6.08. The molecular weight excluding hydrogens is 291 g/mol. The largest absolute Gasteiger partial charge is 0.516 e. The molecule has 0 N–H and O–H groups in total. The van der Waals surface area contributed by atoms with Crippen LogP contribution in [0.1, 0.15) is 33.5 Å². The summed E-state index contributed by atoms with van der Waals surface area (Å²) < 4.78 is 19.5. The third-order valence-electron chi connectivity index (χ3n) is 4.73. The minimum Gasteiger partial charge on any atom is -0.497 e. The van der Waals surface area contributed by atoms with Crippen molar-refractivity contribution in [2.24, 2.45) is 0 Å². The van der Waals surface area contributed by atoms with Gasteiger partial charge in [-0.1, -0.05) is 6.07 Å². The number of rotatable bonds is 3. The number of nitrogens with zero attached hydrogens (tertiary/aromatic N) is 2. The lowest BCUT2D eigenvalue weighted by Gasteiger charge is -2.32. The monoisotopic (exact) mass is 314 g/mol. The first-order valence-electron chi connectivity index (χ1n) is 7.79. The Kier molecular flexibility index (Phi) is 3.77. The van der Waals surface area contributed by atoms with Gasteiger partial charge in [-0.25, -0.2) is 4.98 Å². The fourth-order valence-corrected chi connectivity index (χ4v) is 2.59. The lowest BCUT2D eigenvalue weighted by atomic mass is 9.86. The molecule has 0 amide bonds. The van der Waals surface area contributed by atoms with Crippen LogP contribution in [-0.4, -0.2) is 35.0 Å². The molecule has 0 unspecified atom stereocenters. The average molecular weight is 314 g/mol. The van der Waals surface area contributed by atoms with Crippen molar-refractivity contribution < 1.29 is 14.0 Å². The van der Waals surface area contributed by atoms with Gasteiger partial charge in [0.05, 0.1) is 29.6 Å². The van der Waals surface area contributed by atoms with E-state index in [0.717, 1.165) is 22.9 Å². The van der Waals surface area contributed by atoms with E-state index < -0.39 is 7.12 Å². The second-order valence-electron chi connectivity index (χ2n) is 6.87. The van der Waals surface area contributed by atoms with Crippen LogP contribution in [0.2, 0.25) is 0 Å². The van der Waals surface area contributed by atoms with E-state index in [-0.39, 0.29) is 11.2 Å². The zero-order valence-electron chi connectivity index (χ0n) is 14.6. The highest BCUT2D eigenvalue weighted by molar-refractivity contribution is 6.61. The summed E-state index contributed by atoms with van der Waals surface area (Å²) in [5.41, 5.74) is 1.04. The first kappa shape index (κ1) is 16.1. The van der Waals surface area contributed by atoms with Crippen molar-refractivity contribution in [3.63, 3.8) is 0 Å². The van der Waals surface area contributed by atoms with Gasteiger partial charge in [0.25, 0.3) is 0 Å². The number of benzene rings is 1. The molecule has 2 heterocycles. The van der Waals surface area contributed by atoms with Gasteiger partial charge >= 0.3 is 7.12 Å². The van der Waals surface area contributed by atoms with Crippen LogP contribution in [-0.2, 0) is 9.31 Å². The molecule has 23 heavy (non-hydrogen) atoms. The van der Waals surface area contributed by atoms with Crippen LogP contribution in [0.5, 0.6) is 5.75 Å². The number of methoxy groups -OCH3 is 1. The van der Waals surface area contributed by atoms with Gasteiger partial charge in [-0.15, -0.1) is 0 Å². The van der Waals surface area contributed by atoms with Crippen LogP contribution in [0, 0.1) is 6.92 Å². The van der Waals surface area contributed by atoms with Crippen LogP contribution in [0.4, 0.5) is 0 Å². The number of imidazole rings is 1. The van der Waals surface area contributed by atoms with Crippen LogP contribution in [0.3, 0.4) is 0 Å². The topological polar surface area (TPSA) is 45.5 Å². The number of hydrogen-bond donors (Lipinski definition) is 0. The summed E-state index contributed by atoms with van der Waals surface area (Å²) in [7, 11) is 1.21. The molecule has 0 aliphatic carbocycles. The quantitative estimate of drug-likeness (QED) is 0.817. The van der Waals surface area contributed by atoms with E-state index in [1.165, 1.54) is 0 Å². The Hall–Kier alpha value is -1.79. The van der Waals surface area contributed by atoms with Crippen molar-refractivity contribution in [2.45, 2.75) is 45.8 Å². The number of aryl methyl sites for hydroxylation is 1. The SMILES string of the molecule is COc1cccc(-n2cc(B3OC(C)(C)C(C)(C)O3)nc2C)c1. The van der Waals surface area contributed by atoms with Crippen LogP contribution in [0.25, 0.3) is 5.69 Å². The Morgan fingerprint density at radius 1 is 1.13 bits per heavy atom. The van der Waals surface area contributed by atoms with E-state index in [4.69, 9.17) is 14.0 Å². The fraction of sp³-hybridized carbons (Fsp3) is 0.471. The molecule has 1 aliphatic rings. The summed E-state index contributed by atoms with van der Waals surface area (Å²) in [5.74, 6) is 1.69. The van der Waals surface area contributed by atoms with Gasteiger partial charge in [0.15, 0.2) is 0 Å². The van der Waals surface area contributed by atoms with Gasteiger partial charge in [0.2, 0.25) is 0 Å². The van der Waals surface area contributed by atoms with Crippen molar-refractivity contribution in [1.82, 2.24) is 9.55 Å². The number of hydrogen-bond acceptors (Lipinski definition) is 4. The first-order valence-corrected chi connectivity index (χ1v) is 7.79. The van der Waals surface area contributed by atoms with E-state index in [2.05, 4.69) is 4.98 Å². The van der Waals surface area contributed by atoms with Gasteiger partial charge in [-0.2, -0.15) is 0 Å². The molecule has 0 atom stereocenters. The summed E-state index contributed by atoms with van der Waals surface area (Å²) in [4.78, 5) is 4.63. The summed E-state index contributed by atoms with van der Waals surface area (Å²) in [6.45, 7) is 10.1. The van der Waals surface area contributed by atoms with E-state index in [1.807, 2.05) is 69.6 Å². The molecule has 122 valence electrons. The summed E-state index contributed by atoms with van der Waals surface area (Å²) in [6.07, 6.45) is 1.96. The average Bonchev–Trinajstić information content (AvgIpc) is 2.97. The standard InChI is InChI=1S/C17H23BN2O3/c1-12-19-15(18-22-16(2,3)17(4,5)23-18)11-20(12)13-8-7-9-14(10-13)21-6/h7-11H,1-6H3. The summed E-state index contributed by atoms with van der Waals surface area (Å²) >= 11 is 0. The third kappa shape index (κ3) is 2.77. The van der Waals surface area contributed by atoms with Crippen LogP contribution in [0.15, 0.2) is 30.5 Å². The zero-order chi connectivity index (χ0) is 16.8. The minimum atomic E-state index is -0.453. The molecule has 1 aromatic heterocycles. The first-order chi connectivity index (χ1) is 10.7. The lowest BCUT2D eigenvalue weighted by Crippen LogP contribution is -2.41. The Morgan fingerprint density at radius 3 is 2.39 bits per heavy atom. The molecule has 1 fully saturated rings. The summed E-state index contributed by atoms with van der Waals surface area (Å²) in [6, 6.07) is 7.88. The van der Waals surface area contributed by atoms with Gasteiger partial charge in [0, 0.05) is 12.3 Å². The van der Waals surface area contributed by atoms with E-state index >= 15 is 0 Å². The van der Waals surface area contributed by atoms with Crippen molar-refractivity contribution >= 4 is 12.7 Å². The van der Waals surface area contributed by atoms with Crippen LogP contribution >= 0.6 is 0 Å². The number of ether oxygens (including phenoxy) is 1. The minimum absolute atomic E-state index is 0.370. The van der Waals surface area contributed by atoms with Gasteiger partial charge in [-0.3, -0.25) is 0 Å². The third-order valence-corrected chi connectivity index (χ3v) is 4.73. The van der Waals surface area contributed by atoms with Gasteiger partial charge in [-0.05, 0) is 46.8 Å².